The van der Waals surface area contributed by atoms with Gasteiger partial charge in [0, 0.05) is 25.2 Å². The van der Waals surface area contributed by atoms with Crippen molar-refractivity contribution in [2.75, 3.05) is 23.3 Å². The fourth-order valence-corrected chi connectivity index (χ4v) is 3.90. The summed E-state index contributed by atoms with van der Waals surface area (Å²) in [6.07, 6.45) is 8.05. The number of hydrogen-bond acceptors (Lipinski definition) is 6. The first-order valence-corrected chi connectivity index (χ1v) is 10.1. The first-order valence-electron chi connectivity index (χ1n) is 10.1. The molecule has 3 aromatic rings. The van der Waals surface area contributed by atoms with Gasteiger partial charge in [-0.1, -0.05) is 6.07 Å². The van der Waals surface area contributed by atoms with Crippen molar-refractivity contribution in [1.82, 2.24) is 20.2 Å². The van der Waals surface area contributed by atoms with Crippen LogP contribution >= 0.6 is 0 Å². The highest BCUT2D eigenvalue weighted by Crippen LogP contribution is 2.33. The Hall–Kier alpha value is -2.90. The topological polar surface area (TPSA) is 66.8 Å². The summed E-state index contributed by atoms with van der Waals surface area (Å²) in [6.45, 7) is 1.65. The normalized spacial score (nSPS) is 17.7. The zero-order chi connectivity index (χ0) is 19.8. The molecule has 0 spiro atoms. The summed E-state index contributed by atoms with van der Waals surface area (Å²) in [5.41, 5.74) is 2.05. The van der Waals surface area contributed by atoms with E-state index in [1.54, 1.807) is 18.5 Å². The number of hydrogen-bond donors (Lipinski definition) is 1. The molecule has 150 valence electrons. The summed E-state index contributed by atoms with van der Waals surface area (Å²) in [6, 6.07) is 4.32. The zero-order valence-electron chi connectivity index (χ0n) is 16.0. The summed E-state index contributed by atoms with van der Waals surface area (Å²) < 4.78 is 27.1. The molecule has 0 atom stereocenters. The number of rotatable bonds is 5. The van der Waals surface area contributed by atoms with Crippen LogP contribution in [0.25, 0.3) is 11.0 Å². The fraction of sp³-hybridized carbons (Fsp3) is 0.429. The quantitative estimate of drug-likeness (QED) is 0.709. The molecule has 3 heterocycles. The molecule has 5 rings (SSSR count). The molecule has 1 aliphatic carbocycles. The second-order valence-electron chi connectivity index (χ2n) is 7.94. The minimum atomic E-state index is -0.531. The highest BCUT2D eigenvalue weighted by molar-refractivity contribution is 5.79. The van der Waals surface area contributed by atoms with Gasteiger partial charge in [0.2, 0.25) is 0 Å². The van der Waals surface area contributed by atoms with E-state index in [-0.39, 0.29) is 0 Å². The third kappa shape index (κ3) is 3.97. The Kier molecular flexibility index (Phi) is 4.69. The number of aromatic nitrogens is 4. The van der Waals surface area contributed by atoms with Crippen LogP contribution in [0.3, 0.4) is 0 Å². The molecule has 0 unspecified atom stereocenters. The molecule has 1 aliphatic heterocycles. The van der Waals surface area contributed by atoms with Crippen molar-refractivity contribution in [3.63, 3.8) is 0 Å². The lowest BCUT2D eigenvalue weighted by Crippen LogP contribution is -2.35. The van der Waals surface area contributed by atoms with Crippen LogP contribution in [0, 0.1) is 17.6 Å². The Morgan fingerprint density at radius 3 is 2.38 bits per heavy atom. The molecule has 1 aromatic carbocycles. The van der Waals surface area contributed by atoms with Crippen molar-refractivity contribution < 1.29 is 8.78 Å². The van der Waals surface area contributed by atoms with Crippen molar-refractivity contribution in [1.29, 1.82) is 0 Å². The maximum Gasteiger partial charge on any atom is 0.172 e. The molecule has 0 bridgehead atoms. The van der Waals surface area contributed by atoms with Crippen molar-refractivity contribution in [2.45, 2.75) is 38.1 Å². The van der Waals surface area contributed by atoms with Crippen molar-refractivity contribution in [3.8, 4) is 0 Å². The molecule has 1 saturated heterocycles. The van der Waals surface area contributed by atoms with Crippen LogP contribution in [-0.4, -0.2) is 39.3 Å². The van der Waals surface area contributed by atoms with E-state index in [1.165, 1.54) is 6.07 Å². The monoisotopic (exact) mass is 396 g/mol. The van der Waals surface area contributed by atoms with Crippen molar-refractivity contribution >= 4 is 22.7 Å². The van der Waals surface area contributed by atoms with Gasteiger partial charge in [-0.15, -0.1) is 0 Å². The van der Waals surface area contributed by atoms with E-state index in [0.29, 0.717) is 23.9 Å². The summed E-state index contributed by atoms with van der Waals surface area (Å²) in [7, 11) is 0. The maximum absolute atomic E-state index is 14.0. The third-order valence-corrected chi connectivity index (χ3v) is 5.72. The van der Waals surface area contributed by atoms with Gasteiger partial charge in [0.25, 0.3) is 0 Å². The van der Waals surface area contributed by atoms with Crippen LogP contribution in [-0.2, 0) is 6.42 Å². The highest BCUT2D eigenvalue weighted by atomic mass is 19.1. The van der Waals surface area contributed by atoms with Gasteiger partial charge in [0.05, 0.1) is 12.4 Å². The largest absolute Gasteiger partial charge is 0.364 e. The average molecular weight is 396 g/mol. The minimum Gasteiger partial charge on any atom is -0.364 e. The summed E-state index contributed by atoms with van der Waals surface area (Å²) in [5, 5.41) is 11.3. The van der Waals surface area contributed by atoms with Crippen LogP contribution in [0.1, 0.15) is 31.2 Å². The minimum absolute atomic E-state index is 0.366. The van der Waals surface area contributed by atoms with E-state index in [9.17, 15) is 8.78 Å². The Bertz CT molecular complexity index is 1030. The molecule has 1 N–H and O–H groups in total. The van der Waals surface area contributed by atoms with Crippen LogP contribution in [0.4, 0.5) is 20.4 Å². The first-order chi connectivity index (χ1) is 14.2. The number of anilines is 2. The van der Waals surface area contributed by atoms with E-state index in [4.69, 9.17) is 9.97 Å². The lowest BCUT2D eigenvalue weighted by Gasteiger charge is -2.33. The number of nitrogens with one attached hydrogen (secondary N) is 1. The maximum atomic E-state index is 14.0. The fourth-order valence-electron chi connectivity index (χ4n) is 3.90. The van der Waals surface area contributed by atoms with Gasteiger partial charge >= 0.3 is 0 Å². The number of nitrogens with zero attached hydrogens (tertiary/aromatic N) is 5. The van der Waals surface area contributed by atoms with E-state index in [2.05, 4.69) is 20.4 Å². The lowest BCUT2D eigenvalue weighted by atomic mass is 9.90. The Morgan fingerprint density at radius 2 is 1.69 bits per heavy atom. The van der Waals surface area contributed by atoms with E-state index in [1.807, 2.05) is 0 Å². The van der Waals surface area contributed by atoms with E-state index in [0.717, 1.165) is 67.5 Å². The highest BCUT2D eigenvalue weighted by Gasteiger charge is 2.27. The Balaban J connectivity index is 1.32. The van der Waals surface area contributed by atoms with Crippen LogP contribution < -0.4 is 10.2 Å². The van der Waals surface area contributed by atoms with Crippen molar-refractivity contribution in [3.05, 3.63) is 47.8 Å². The number of benzene rings is 1. The summed E-state index contributed by atoms with van der Waals surface area (Å²) >= 11 is 0. The van der Waals surface area contributed by atoms with Gasteiger partial charge < -0.3 is 10.2 Å². The van der Waals surface area contributed by atoms with Crippen LogP contribution in [0.15, 0.2) is 30.6 Å². The first kappa shape index (κ1) is 18.1. The molecule has 2 aromatic heterocycles. The summed E-state index contributed by atoms with van der Waals surface area (Å²) in [5.74, 6) is 1.03. The number of halogens is 2. The molecule has 29 heavy (non-hydrogen) atoms. The van der Waals surface area contributed by atoms with Crippen LogP contribution in [0.5, 0.6) is 0 Å². The third-order valence-electron chi connectivity index (χ3n) is 5.72. The van der Waals surface area contributed by atoms with E-state index < -0.39 is 11.6 Å². The van der Waals surface area contributed by atoms with Gasteiger partial charge in [-0.25, -0.2) is 18.7 Å². The predicted octanol–water partition coefficient (Wildman–Crippen LogP) is 3.73. The van der Waals surface area contributed by atoms with Gasteiger partial charge in [0.1, 0.15) is 22.7 Å². The van der Waals surface area contributed by atoms with Crippen LogP contribution in [0.2, 0.25) is 0 Å². The van der Waals surface area contributed by atoms with E-state index >= 15 is 0 Å². The van der Waals surface area contributed by atoms with Gasteiger partial charge in [-0.3, -0.25) is 0 Å². The average Bonchev–Trinajstić information content (AvgIpc) is 3.54. The number of piperidine rings is 1. The molecule has 6 nitrogen and oxygen atoms in total. The molecule has 1 saturated carbocycles. The van der Waals surface area contributed by atoms with Gasteiger partial charge in [-0.05, 0) is 49.7 Å². The smallest absolute Gasteiger partial charge is 0.172 e. The second kappa shape index (κ2) is 7.50. The second-order valence-corrected chi connectivity index (χ2v) is 7.94. The molecular weight excluding hydrogens is 374 g/mol. The number of fused-ring (bicyclic) bond motifs is 1. The predicted molar refractivity (Wildman–Crippen MR) is 107 cm³/mol. The molecule has 2 fully saturated rings. The SMILES string of the molecule is Fc1ccc(CC2CCN(c3nc4cnncc4nc3NC3CC3)CC2)c(F)c1. The van der Waals surface area contributed by atoms with Gasteiger partial charge in [-0.2, -0.15) is 10.2 Å². The molecular formula is C21H22F2N6. The standard InChI is InChI=1S/C21H22F2N6/c22-15-2-1-14(17(23)10-15)9-13-5-7-29(8-6-13)21-20(26-16-3-4-16)27-18-11-24-25-12-19(18)28-21/h1-2,10-13,16H,3-9H2,(H,26,27). The lowest BCUT2D eigenvalue weighted by molar-refractivity contribution is 0.396. The van der Waals surface area contributed by atoms with Crippen molar-refractivity contribution in [2.24, 2.45) is 5.92 Å². The van der Waals surface area contributed by atoms with Gasteiger partial charge in [0.15, 0.2) is 11.6 Å². The molecule has 8 heteroatoms. The summed E-state index contributed by atoms with van der Waals surface area (Å²) in [4.78, 5) is 11.8. The Labute approximate surface area is 167 Å². The molecule has 0 radical (unpaired) electrons. The molecule has 0 amide bonds. The molecule has 2 aliphatic rings. The Morgan fingerprint density at radius 1 is 0.966 bits per heavy atom. The zero-order valence-corrected chi connectivity index (χ0v) is 16.0.